The van der Waals surface area contributed by atoms with Crippen LogP contribution in [0.25, 0.3) is 0 Å². The molecule has 0 fully saturated rings. The average molecular weight is 390 g/mol. The minimum absolute atomic E-state index is 0.362. The fourth-order valence-electron chi connectivity index (χ4n) is 2.21. The van der Waals surface area contributed by atoms with Crippen molar-refractivity contribution in [2.45, 2.75) is 12.3 Å². The highest BCUT2D eigenvalue weighted by atomic mass is 79.9. The summed E-state index contributed by atoms with van der Waals surface area (Å²) in [6, 6.07) is 9.53. The Morgan fingerprint density at radius 3 is 2.38 bits per heavy atom. The molecule has 1 unspecified atom stereocenters. The van der Waals surface area contributed by atoms with Crippen molar-refractivity contribution >= 4 is 39.1 Å². The highest BCUT2D eigenvalue weighted by Crippen LogP contribution is 2.43. The van der Waals surface area contributed by atoms with Crippen molar-refractivity contribution in [1.82, 2.24) is 0 Å². The molecule has 0 spiro atoms. The van der Waals surface area contributed by atoms with E-state index in [-0.39, 0.29) is 5.38 Å². The Kier molecular flexibility index (Phi) is 5.42. The first-order valence-corrected chi connectivity index (χ1v) is 7.90. The van der Waals surface area contributed by atoms with Crippen molar-refractivity contribution in [3.8, 4) is 11.5 Å². The summed E-state index contributed by atoms with van der Waals surface area (Å²) < 4.78 is 11.5. The second kappa shape index (κ2) is 6.91. The van der Waals surface area contributed by atoms with E-state index >= 15 is 0 Å². The quantitative estimate of drug-likeness (QED) is 0.619. The fraction of sp³-hybridized carbons (Fsp3) is 0.250. The van der Waals surface area contributed by atoms with E-state index in [4.69, 9.17) is 32.7 Å². The second-order valence-corrected chi connectivity index (χ2v) is 6.29. The van der Waals surface area contributed by atoms with Crippen LogP contribution in [0.15, 0.2) is 34.8 Å². The van der Waals surface area contributed by atoms with Crippen molar-refractivity contribution in [3.05, 3.63) is 56.5 Å². The zero-order chi connectivity index (χ0) is 15.6. The van der Waals surface area contributed by atoms with Crippen LogP contribution < -0.4 is 9.47 Å². The Morgan fingerprint density at radius 2 is 1.81 bits per heavy atom. The number of methoxy groups -OCH3 is 2. The normalized spacial score (nSPS) is 12.1. The Morgan fingerprint density at radius 1 is 1.10 bits per heavy atom. The minimum atomic E-state index is -0.362. The third kappa shape index (κ3) is 3.47. The first kappa shape index (κ1) is 16.5. The van der Waals surface area contributed by atoms with E-state index in [0.717, 1.165) is 21.2 Å². The van der Waals surface area contributed by atoms with Gasteiger partial charge < -0.3 is 9.47 Å². The standard InChI is InChI=1S/C16H15BrCl2O2/c1-9-6-10(8-11(18)7-9)15(19)12-4-5-13(20-2)14(17)16(12)21-3/h4-8,15H,1-3H3. The molecule has 0 aliphatic heterocycles. The van der Waals surface area contributed by atoms with E-state index in [9.17, 15) is 0 Å². The SMILES string of the molecule is COc1ccc(C(Cl)c2cc(C)cc(Cl)c2)c(OC)c1Br. The lowest BCUT2D eigenvalue weighted by Gasteiger charge is -2.18. The zero-order valence-corrected chi connectivity index (χ0v) is 15.0. The van der Waals surface area contributed by atoms with E-state index < -0.39 is 0 Å². The lowest BCUT2D eigenvalue weighted by molar-refractivity contribution is 0.386. The van der Waals surface area contributed by atoms with Crippen molar-refractivity contribution in [1.29, 1.82) is 0 Å². The molecule has 0 heterocycles. The number of hydrogen-bond donors (Lipinski definition) is 0. The monoisotopic (exact) mass is 388 g/mol. The first-order valence-electron chi connectivity index (χ1n) is 6.29. The second-order valence-electron chi connectivity index (χ2n) is 4.63. The molecule has 21 heavy (non-hydrogen) atoms. The summed E-state index contributed by atoms with van der Waals surface area (Å²) in [4.78, 5) is 0. The van der Waals surface area contributed by atoms with Crippen LogP contribution in [0.2, 0.25) is 5.02 Å². The third-order valence-electron chi connectivity index (χ3n) is 3.15. The summed E-state index contributed by atoms with van der Waals surface area (Å²) in [7, 11) is 3.22. The van der Waals surface area contributed by atoms with Gasteiger partial charge in [0.2, 0.25) is 0 Å². The minimum Gasteiger partial charge on any atom is -0.495 e. The molecule has 5 heteroatoms. The Balaban J connectivity index is 2.52. The maximum absolute atomic E-state index is 6.63. The Labute approximate surface area is 143 Å². The van der Waals surface area contributed by atoms with E-state index in [1.54, 1.807) is 14.2 Å². The van der Waals surface area contributed by atoms with E-state index in [1.807, 2.05) is 37.3 Å². The molecule has 2 aromatic rings. The van der Waals surface area contributed by atoms with Crippen LogP contribution in [0, 0.1) is 6.92 Å². The number of ether oxygens (including phenoxy) is 2. The van der Waals surface area contributed by atoms with Crippen molar-refractivity contribution in [2.75, 3.05) is 14.2 Å². The molecule has 0 amide bonds. The molecular weight excluding hydrogens is 375 g/mol. The van der Waals surface area contributed by atoms with Crippen LogP contribution in [-0.4, -0.2) is 14.2 Å². The van der Waals surface area contributed by atoms with Crippen LogP contribution in [-0.2, 0) is 0 Å². The highest BCUT2D eigenvalue weighted by molar-refractivity contribution is 9.10. The van der Waals surface area contributed by atoms with Gasteiger partial charge in [-0.25, -0.2) is 0 Å². The summed E-state index contributed by atoms with van der Waals surface area (Å²) in [5.74, 6) is 1.36. The Hall–Kier alpha value is -0.900. The summed E-state index contributed by atoms with van der Waals surface area (Å²) in [6.45, 7) is 1.99. The summed E-state index contributed by atoms with van der Waals surface area (Å²) in [5.41, 5.74) is 2.85. The predicted octanol–water partition coefficient (Wildman–Crippen LogP) is 5.76. The van der Waals surface area contributed by atoms with Gasteiger partial charge in [-0.1, -0.05) is 17.7 Å². The smallest absolute Gasteiger partial charge is 0.141 e. The van der Waals surface area contributed by atoms with Gasteiger partial charge in [0.25, 0.3) is 0 Å². The van der Waals surface area contributed by atoms with Crippen LogP contribution in [0.5, 0.6) is 11.5 Å². The number of benzene rings is 2. The van der Waals surface area contributed by atoms with Crippen LogP contribution >= 0.6 is 39.1 Å². The molecule has 112 valence electrons. The van der Waals surface area contributed by atoms with Gasteiger partial charge in [0.1, 0.15) is 16.0 Å². The van der Waals surface area contributed by atoms with Gasteiger partial charge in [0.05, 0.1) is 19.6 Å². The zero-order valence-electron chi connectivity index (χ0n) is 11.9. The van der Waals surface area contributed by atoms with Gasteiger partial charge in [0, 0.05) is 10.6 Å². The maximum Gasteiger partial charge on any atom is 0.141 e. The number of aryl methyl sites for hydroxylation is 1. The average Bonchev–Trinajstić information content (AvgIpc) is 2.45. The molecule has 2 rings (SSSR count). The fourth-order valence-corrected chi connectivity index (χ4v) is 3.49. The molecule has 0 N–H and O–H groups in total. The largest absolute Gasteiger partial charge is 0.495 e. The number of halogens is 3. The van der Waals surface area contributed by atoms with Crippen molar-refractivity contribution < 1.29 is 9.47 Å². The molecule has 2 aromatic carbocycles. The van der Waals surface area contributed by atoms with Gasteiger partial charge in [-0.3, -0.25) is 0 Å². The third-order valence-corrected chi connectivity index (χ3v) is 4.60. The highest BCUT2D eigenvalue weighted by Gasteiger charge is 2.20. The van der Waals surface area contributed by atoms with E-state index in [1.165, 1.54) is 0 Å². The molecule has 0 aliphatic rings. The molecule has 0 aromatic heterocycles. The molecule has 0 aliphatic carbocycles. The van der Waals surface area contributed by atoms with Crippen LogP contribution in [0.1, 0.15) is 22.1 Å². The summed E-state index contributed by atoms with van der Waals surface area (Å²) >= 11 is 16.2. The maximum atomic E-state index is 6.63. The van der Waals surface area contributed by atoms with Gasteiger partial charge in [-0.15, -0.1) is 11.6 Å². The number of hydrogen-bond acceptors (Lipinski definition) is 2. The molecule has 0 radical (unpaired) electrons. The lowest BCUT2D eigenvalue weighted by Crippen LogP contribution is -2.00. The summed E-state index contributed by atoms with van der Waals surface area (Å²) in [5, 5.41) is 0.307. The first-order chi connectivity index (χ1) is 9.97. The van der Waals surface area contributed by atoms with Gasteiger partial charge >= 0.3 is 0 Å². The van der Waals surface area contributed by atoms with Crippen LogP contribution in [0.3, 0.4) is 0 Å². The van der Waals surface area contributed by atoms with E-state index in [2.05, 4.69) is 15.9 Å². The number of alkyl halides is 1. The van der Waals surface area contributed by atoms with Crippen molar-refractivity contribution in [3.63, 3.8) is 0 Å². The molecule has 0 bridgehead atoms. The molecule has 1 atom stereocenters. The summed E-state index contributed by atoms with van der Waals surface area (Å²) in [6.07, 6.45) is 0. The lowest BCUT2D eigenvalue weighted by atomic mass is 10.0. The van der Waals surface area contributed by atoms with E-state index in [0.29, 0.717) is 16.5 Å². The number of rotatable bonds is 4. The molecular formula is C16H15BrCl2O2. The van der Waals surface area contributed by atoms with Crippen LogP contribution in [0.4, 0.5) is 0 Å². The van der Waals surface area contributed by atoms with Gasteiger partial charge in [-0.05, 0) is 58.2 Å². The predicted molar refractivity (Wildman–Crippen MR) is 91.1 cm³/mol. The Bertz CT molecular complexity index is 639. The molecule has 0 saturated heterocycles. The topological polar surface area (TPSA) is 18.5 Å². The molecule has 2 nitrogen and oxygen atoms in total. The molecule has 0 saturated carbocycles. The van der Waals surface area contributed by atoms with Gasteiger partial charge in [0.15, 0.2) is 0 Å². The van der Waals surface area contributed by atoms with Crippen molar-refractivity contribution in [2.24, 2.45) is 0 Å². The van der Waals surface area contributed by atoms with Gasteiger partial charge in [-0.2, -0.15) is 0 Å².